The van der Waals surface area contributed by atoms with E-state index in [2.05, 4.69) is 15.3 Å². The highest BCUT2D eigenvalue weighted by atomic mass is 32.2. The summed E-state index contributed by atoms with van der Waals surface area (Å²) in [6, 6.07) is 6.42. The van der Waals surface area contributed by atoms with Crippen LogP contribution in [0.15, 0.2) is 34.2 Å². The predicted molar refractivity (Wildman–Crippen MR) is 94.3 cm³/mol. The maximum Gasteiger partial charge on any atom is 0.418 e. The Hall–Kier alpha value is -2.80. The number of anilines is 1. The molecule has 2 N–H and O–H groups in total. The minimum atomic E-state index is -4.60. The first-order chi connectivity index (χ1) is 12.7. The van der Waals surface area contributed by atoms with Gasteiger partial charge in [-0.2, -0.15) is 18.4 Å². The molecule has 1 amide bonds. The van der Waals surface area contributed by atoms with Gasteiger partial charge in [-0.15, -0.1) is 0 Å². The van der Waals surface area contributed by atoms with Crippen molar-refractivity contribution in [1.29, 1.82) is 5.26 Å². The summed E-state index contributed by atoms with van der Waals surface area (Å²) in [6.07, 6.45) is -4.25. The molecule has 0 aliphatic rings. The lowest BCUT2D eigenvalue weighted by Crippen LogP contribution is -2.25. The number of hydrogen-bond donors (Lipinski definition) is 2. The van der Waals surface area contributed by atoms with Crippen molar-refractivity contribution in [2.45, 2.75) is 36.9 Å². The van der Waals surface area contributed by atoms with E-state index in [0.717, 1.165) is 23.9 Å². The van der Waals surface area contributed by atoms with Crippen LogP contribution in [0.25, 0.3) is 0 Å². The molecule has 1 heterocycles. The van der Waals surface area contributed by atoms with Crippen molar-refractivity contribution >= 4 is 23.4 Å². The molecule has 1 aromatic heterocycles. The van der Waals surface area contributed by atoms with E-state index < -0.39 is 28.5 Å². The summed E-state index contributed by atoms with van der Waals surface area (Å²) < 4.78 is 39.0. The topological polar surface area (TPSA) is 98.6 Å². The molecule has 0 aliphatic carbocycles. The summed E-state index contributed by atoms with van der Waals surface area (Å²) in [5.74, 6) is -0.679. The van der Waals surface area contributed by atoms with Gasteiger partial charge in [0.15, 0.2) is 5.16 Å². The molecule has 0 spiro atoms. The van der Waals surface area contributed by atoms with Crippen LogP contribution < -0.4 is 10.9 Å². The molecule has 1 aromatic carbocycles. The molecule has 0 saturated carbocycles. The molecule has 2 rings (SSSR count). The fourth-order valence-corrected chi connectivity index (χ4v) is 3.03. The molecular formula is C17H15F3N4O2S. The van der Waals surface area contributed by atoms with Gasteiger partial charge in [0.05, 0.1) is 22.2 Å². The van der Waals surface area contributed by atoms with E-state index in [1.165, 1.54) is 19.1 Å². The molecule has 10 heteroatoms. The number of carbonyl (C=O) groups is 1. The maximum atomic E-state index is 13.0. The highest BCUT2D eigenvalue weighted by molar-refractivity contribution is 8.00. The zero-order valence-electron chi connectivity index (χ0n) is 14.3. The molecule has 142 valence electrons. The first kappa shape index (κ1) is 20.5. The lowest BCUT2D eigenvalue weighted by atomic mass is 10.1. The average molecular weight is 396 g/mol. The van der Waals surface area contributed by atoms with E-state index in [1.54, 1.807) is 13.0 Å². The van der Waals surface area contributed by atoms with E-state index in [0.29, 0.717) is 12.1 Å². The van der Waals surface area contributed by atoms with Gasteiger partial charge in [0.2, 0.25) is 5.91 Å². The van der Waals surface area contributed by atoms with Crippen molar-refractivity contribution in [1.82, 2.24) is 9.97 Å². The van der Waals surface area contributed by atoms with Gasteiger partial charge in [-0.1, -0.05) is 30.8 Å². The standard InChI is InChI=1S/C17H15F3N4O2S/c1-3-12-10(8-21)15(26)24-16(23-12)27-9(2)14(25)22-13-7-5-4-6-11(13)17(18,19)20/h4-7,9H,3H2,1-2H3,(H,22,25)(H,23,24,26)/t9-/m0/s1. The predicted octanol–water partition coefficient (Wildman–Crippen LogP) is 3.34. The summed E-state index contributed by atoms with van der Waals surface area (Å²) in [6.45, 7) is 3.20. The number of aryl methyl sites for hydroxylation is 1. The van der Waals surface area contributed by atoms with Crippen LogP contribution in [0.5, 0.6) is 0 Å². The molecule has 0 fully saturated rings. The Labute approximate surface area is 156 Å². The van der Waals surface area contributed by atoms with E-state index in [9.17, 15) is 22.8 Å². The second-order valence-corrected chi connectivity index (χ2v) is 6.78. The van der Waals surface area contributed by atoms with E-state index in [-0.39, 0.29) is 16.4 Å². The number of hydrogen-bond acceptors (Lipinski definition) is 5. The number of nitrogens with zero attached hydrogens (tertiary/aromatic N) is 2. The number of benzene rings is 1. The Balaban J connectivity index is 2.20. The molecular weight excluding hydrogens is 381 g/mol. The van der Waals surface area contributed by atoms with Crippen LogP contribution in [0.4, 0.5) is 18.9 Å². The summed E-state index contributed by atoms with van der Waals surface area (Å²) in [4.78, 5) is 30.7. The number of nitriles is 1. The number of halogens is 3. The molecule has 27 heavy (non-hydrogen) atoms. The zero-order valence-corrected chi connectivity index (χ0v) is 15.2. The average Bonchev–Trinajstić information content (AvgIpc) is 2.60. The van der Waals surface area contributed by atoms with Crippen molar-refractivity contribution < 1.29 is 18.0 Å². The molecule has 6 nitrogen and oxygen atoms in total. The van der Waals surface area contributed by atoms with Gasteiger partial charge >= 0.3 is 6.18 Å². The molecule has 2 aromatic rings. The highest BCUT2D eigenvalue weighted by Gasteiger charge is 2.34. The molecule has 0 bridgehead atoms. The zero-order chi connectivity index (χ0) is 20.2. The maximum absolute atomic E-state index is 13.0. The van der Waals surface area contributed by atoms with Crippen LogP contribution in [-0.4, -0.2) is 21.1 Å². The lowest BCUT2D eigenvalue weighted by molar-refractivity contribution is -0.137. The molecule has 1 atom stereocenters. The second-order valence-electron chi connectivity index (χ2n) is 5.45. The fraction of sp³-hybridized carbons (Fsp3) is 0.294. The number of carbonyl (C=O) groups excluding carboxylic acids is 1. The summed E-state index contributed by atoms with van der Waals surface area (Å²) in [5, 5.41) is 10.5. The second kappa shape index (κ2) is 8.26. The fourth-order valence-electron chi connectivity index (χ4n) is 2.22. The number of para-hydroxylation sites is 1. The number of aromatic amines is 1. The van der Waals surface area contributed by atoms with E-state index in [4.69, 9.17) is 5.26 Å². The molecule has 0 aliphatic heterocycles. The summed E-state index contributed by atoms with van der Waals surface area (Å²) in [7, 11) is 0. The molecule has 0 radical (unpaired) electrons. The SMILES string of the molecule is CCc1nc(S[C@@H](C)C(=O)Nc2ccccc2C(F)(F)F)[nH]c(=O)c1C#N. The number of alkyl halides is 3. The van der Waals surface area contributed by atoms with Crippen LogP contribution >= 0.6 is 11.8 Å². The van der Waals surface area contributed by atoms with E-state index >= 15 is 0 Å². The quantitative estimate of drug-likeness (QED) is 0.597. The summed E-state index contributed by atoms with van der Waals surface area (Å²) in [5.41, 5.74) is -1.73. The van der Waals surface area contributed by atoms with Crippen LogP contribution in [0.2, 0.25) is 0 Å². The normalized spacial score (nSPS) is 12.3. The molecule has 0 saturated heterocycles. The third-order valence-corrected chi connectivity index (χ3v) is 4.55. The third kappa shape index (κ3) is 4.89. The minimum absolute atomic E-state index is 0.0990. The van der Waals surface area contributed by atoms with Crippen molar-refractivity contribution in [3.05, 3.63) is 51.4 Å². The highest BCUT2D eigenvalue weighted by Crippen LogP contribution is 2.35. The number of thioether (sulfide) groups is 1. The molecule has 0 unspecified atom stereocenters. The number of nitrogens with one attached hydrogen (secondary N) is 2. The van der Waals surface area contributed by atoms with Crippen LogP contribution in [0.1, 0.15) is 30.7 Å². The summed E-state index contributed by atoms with van der Waals surface area (Å²) >= 11 is 0.878. The Kier molecular flexibility index (Phi) is 6.28. The Bertz CT molecular complexity index is 950. The van der Waals surface area contributed by atoms with Gasteiger partial charge in [-0.25, -0.2) is 4.98 Å². The first-order valence-electron chi connectivity index (χ1n) is 7.84. The van der Waals surface area contributed by atoms with Gasteiger partial charge in [0, 0.05) is 0 Å². The Morgan fingerprint density at radius 2 is 2.07 bits per heavy atom. The van der Waals surface area contributed by atoms with Gasteiger partial charge in [0.25, 0.3) is 5.56 Å². The van der Waals surface area contributed by atoms with Crippen molar-refractivity contribution in [2.24, 2.45) is 0 Å². The van der Waals surface area contributed by atoms with Gasteiger partial charge < -0.3 is 10.3 Å². The number of rotatable bonds is 5. The van der Waals surface area contributed by atoms with Crippen molar-refractivity contribution in [3.63, 3.8) is 0 Å². The van der Waals surface area contributed by atoms with Crippen LogP contribution in [0, 0.1) is 11.3 Å². The lowest BCUT2D eigenvalue weighted by Gasteiger charge is -2.16. The van der Waals surface area contributed by atoms with Crippen LogP contribution in [0.3, 0.4) is 0 Å². The smallest absolute Gasteiger partial charge is 0.325 e. The number of aromatic nitrogens is 2. The monoisotopic (exact) mass is 396 g/mol. The first-order valence-corrected chi connectivity index (χ1v) is 8.72. The Morgan fingerprint density at radius 3 is 2.67 bits per heavy atom. The minimum Gasteiger partial charge on any atom is -0.325 e. The number of amides is 1. The number of H-pyrrole nitrogens is 1. The van der Waals surface area contributed by atoms with Gasteiger partial charge in [-0.3, -0.25) is 9.59 Å². The van der Waals surface area contributed by atoms with Gasteiger partial charge in [0.1, 0.15) is 11.6 Å². The van der Waals surface area contributed by atoms with Crippen molar-refractivity contribution in [3.8, 4) is 6.07 Å². The third-order valence-electron chi connectivity index (χ3n) is 3.57. The van der Waals surface area contributed by atoms with Crippen molar-refractivity contribution in [2.75, 3.05) is 5.32 Å². The largest absolute Gasteiger partial charge is 0.418 e. The van der Waals surface area contributed by atoms with Crippen LogP contribution in [-0.2, 0) is 17.4 Å². The van der Waals surface area contributed by atoms with E-state index in [1.807, 2.05) is 0 Å². The van der Waals surface area contributed by atoms with Gasteiger partial charge in [-0.05, 0) is 25.5 Å². The Morgan fingerprint density at radius 1 is 1.41 bits per heavy atom.